The number of para-hydroxylation sites is 2. The molecule has 5 heteroatoms. The van der Waals surface area contributed by atoms with Crippen molar-refractivity contribution in [2.45, 2.75) is 31.2 Å². The number of carbonyl (C=O) groups is 1. The molecular weight excluding hydrogens is 332 g/mol. The zero-order valence-electron chi connectivity index (χ0n) is 14.9. The smallest absolute Gasteiger partial charge is 0.225 e. The zero-order valence-corrected chi connectivity index (χ0v) is 15.7. The lowest BCUT2D eigenvalue weighted by Gasteiger charge is -2.22. The highest BCUT2D eigenvalue weighted by molar-refractivity contribution is 7.98. The van der Waals surface area contributed by atoms with Crippen LogP contribution < -0.4 is 5.32 Å². The van der Waals surface area contributed by atoms with Gasteiger partial charge in [0, 0.05) is 30.0 Å². The first-order valence-corrected chi connectivity index (χ1v) is 9.78. The highest BCUT2D eigenvalue weighted by Crippen LogP contribution is 2.24. The predicted molar refractivity (Wildman–Crippen MR) is 105 cm³/mol. The van der Waals surface area contributed by atoms with Crippen LogP contribution in [0.5, 0.6) is 5.75 Å². The first-order chi connectivity index (χ1) is 12.1. The third-order valence-corrected chi connectivity index (χ3v) is 4.76. The van der Waals surface area contributed by atoms with Crippen LogP contribution in [-0.2, 0) is 11.3 Å². The Morgan fingerprint density at radius 3 is 2.56 bits per heavy atom. The van der Waals surface area contributed by atoms with Crippen LogP contribution in [0.15, 0.2) is 53.4 Å². The molecule has 2 N–H and O–H groups in total. The van der Waals surface area contributed by atoms with Gasteiger partial charge in [0.1, 0.15) is 5.75 Å². The molecule has 0 heterocycles. The van der Waals surface area contributed by atoms with E-state index in [9.17, 15) is 9.90 Å². The second kappa shape index (κ2) is 10.1. The lowest BCUT2D eigenvalue weighted by molar-refractivity contribution is -0.116. The van der Waals surface area contributed by atoms with Gasteiger partial charge in [0.2, 0.25) is 5.91 Å². The molecule has 0 radical (unpaired) electrons. The SMILES string of the molecule is CCCN(CCC(=O)Nc1ccccc1SC)Cc1ccccc1O. The van der Waals surface area contributed by atoms with E-state index in [-0.39, 0.29) is 5.91 Å². The first kappa shape index (κ1) is 19.3. The van der Waals surface area contributed by atoms with Crippen molar-refractivity contribution in [2.75, 3.05) is 24.7 Å². The number of benzene rings is 2. The topological polar surface area (TPSA) is 52.6 Å². The third-order valence-electron chi connectivity index (χ3n) is 3.96. The number of nitrogens with one attached hydrogen (secondary N) is 1. The van der Waals surface area contributed by atoms with Gasteiger partial charge in [0.25, 0.3) is 0 Å². The summed E-state index contributed by atoms with van der Waals surface area (Å²) in [5.41, 5.74) is 1.76. The summed E-state index contributed by atoms with van der Waals surface area (Å²) in [6.07, 6.45) is 3.43. The minimum absolute atomic E-state index is 0.0138. The van der Waals surface area contributed by atoms with Crippen molar-refractivity contribution in [1.82, 2.24) is 4.90 Å². The summed E-state index contributed by atoms with van der Waals surface area (Å²) >= 11 is 1.62. The standard InChI is InChI=1S/C20H26N2O2S/c1-3-13-22(15-16-8-4-6-10-18(16)23)14-12-20(24)21-17-9-5-7-11-19(17)25-2/h4-11,23H,3,12-15H2,1-2H3,(H,21,24). The van der Waals surface area contributed by atoms with Crippen LogP contribution in [0.1, 0.15) is 25.3 Å². The molecule has 0 aliphatic carbocycles. The Kier molecular flexibility index (Phi) is 7.82. The molecule has 2 aromatic carbocycles. The van der Waals surface area contributed by atoms with Crippen molar-refractivity contribution in [1.29, 1.82) is 0 Å². The minimum atomic E-state index is 0.0138. The molecular formula is C20H26N2O2S. The van der Waals surface area contributed by atoms with Gasteiger partial charge >= 0.3 is 0 Å². The molecule has 0 fully saturated rings. The molecule has 0 aliphatic heterocycles. The summed E-state index contributed by atoms with van der Waals surface area (Å²) in [4.78, 5) is 15.6. The summed E-state index contributed by atoms with van der Waals surface area (Å²) in [5.74, 6) is 0.321. The maximum absolute atomic E-state index is 12.3. The van der Waals surface area contributed by atoms with Crippen LogP contribution in [-0.4, -0.2) is 35.3 Å². The Bertz CT molecular complexity index is 691. The monoisotopic (exact) mass is 358 g/mol. The fraction of sp³-hybridized carbons (Fsp3) is 0.350. The number of anilines is 1. The van der Waals surface area contributed by atoms with Gasteiger partial charge in [-0.2, -0.15) is 0 Å². The van der Waals surface area contributed by atoms with Gasteiger partial charge in [-0.3, -0.25) is 9.69 Å². The summed E-state index contributed by atoms with van der Waals surface area (Å²) in [6, 6.07) is 15.2. The molecule has 0 atom stereocenters. The number of hydrogen-bond acceptors (Lipinski definition) is 4. The van der Waals surface area contributed by atoms with E-state index in [4.69, 9.17) is 0 Å². The number of hydrogen-bond donors (Lipinski definition) is 2. The van der Waals surface area contributed by atoms with Crippen LogP contribution in [0.3, 0.4) is 0 Å². The molecule has 0 saturated heterocycles. The molecule has 25 heavy (non-hydrogen) atoms. The fourth-order valence-electron chi connectivity index (χ4n) is 2.69. The maximum atomic E-state index is 12.3. The van der Waals surface area contributed by atoms with Gasteiger partial charge in [0.15, 0.2) is 0 Å². The van der Waals surface area contributed by atoms with E-state index >= 15 is 0 Å². The Labute approximate surface area is 154 Å². The maximum Gasteiger partial charge on any atom is 0.225 e. The van der Waals surface area contributed by atoms with E-state index in [0.717, 1.165) is 29.1 Å². The van der Waals surface area contributed by atoms with Crippen LogP contribution in [0.2, 0.25) is 0 Å². The number of nitrogens with zero attached hydrogens (tertiary/aromatic N) is 1. The van der Waals surface area contributed by atoms with Crippen molar-refractivity contribution in [3.63, 3.8) is 0 Å². The molecule has 1 amide bonds. The molecule has 0 saturated carbocycles. The second-order valence-electron chi connectivity index (χ2n) is 5.90. The number of thioether (sulfide) groups is 1. The Morgan fingerprint density at radius 2 is 1.84 bits per heavy atom. The van der Waals surface area contributed by atoms with E-state index < -0.39 is 0 Å². The molecule has 0 aliphatic rings. The quantitative estimate of drug-likeness (QED) is 0.654. The van der Waals surface area contributed by atoms with Crippen molar-refractivity contribution >= 4 is 23.4 Å². The van der Waals surface area contributed by atoms with E-state index in [1.54, 1.807) is 17.8 Å². The summed E-state index contributed by atoms with van der Waals surface area (Å²) in [6.45, 7) is 4.32. The summed E-state index contributed by atoms with van der Waals surface area (Å²) in [5, 5.41) is 12.9. The largest absolute Gasteiger partial charge is 0.508 e. The Hall–Kier alpha value is -1.98. The molecule has 0 bridgehead atoms. The van der Waals surface area contributed by atoms with Crippen molar-refractivity contribution in [3.8, 4) is 5.75 Å². The van der Waals surface area contributed by atoms with E-state index in [1.807, 2.05) is 48.7 Å². The number of aromatic hydroxyl groups is 1. The number of carbonyl (C=O) groups excluding carboxylic acids is 1. The van der Waals surface area contributed by atoms with Gasteiger partial charge in [-0.05, 0) is 37.4 Å². The zero-order chi connectivity index (χ0) is 18.1. The molecule has 134 valence electrons. The van der Waals surface area contributed by atoms with Crippen molar-refractivity contribution in [3.05, 3.63) is 54.1 Å². The van der Waals surface area contributed by atoms with Gasteiger partial charge in [-0.1, -0.05) is 37.3 Å². The van der Waals surface area contributed by atoms with Gasteiger partial charge < -0.3 is 10.4 Å². The van der Waals surface area contributed by atoms with Gasteiger partial charge in [-0.25, -0.2) is 0 Å². The first-order valence-electron chi connectivity index (χ1n) is 8.56. The average Bonchev–Trinajstić information content (AvgIpc) is 2.62. The second-order valence-corrected chi connectivity index (χ2v) is 6.75. The average molecular weight is 359 g/mol. The van der Waals surface area contributed by atoms with Crippen LogP contribution >= 0.6 is 11.8 Å². The lowest BCUT2D eigenvalue weighted by Crippen LogP contribution is -2.28. The highest BCUT2D eigenvalue weighted by Gasteiger charge is 2.11. The minimum Gasteiger partial charge on any atom is -0.508 e. The lowest BCUT2D eigenvalue weighted by atomic mass is 10.1. The molecule has 2 aromatic rings. The van der Waals surface area contributed by atoms with E-state index in [2.05, 4.69) is 17.1 Å². The number of phenols is 1. The fourth-order valence-corrected chi connectivity index (χ4v) is 3.25. The van der Waals surface area contributed by atoms with Crippen LogP contribution in [0.4, 0.5) is 5.69 Å². The normalized spacial score (nSPS) is 10.8. The van der Waals surface area contributed by atoms with Gasteiger partial charge in [0.05, 0.1) is 5.69 Å². The molecule has 0 unspecified atom stereocenters. The third kappa shape index (κ3) is 6.11. The molecule has 0 spiro atoms. The van der Waals surface area contributed by atoms with Crippen molar-refractivity contribution < 1.29 is 9.90 Å². The van der Waals surface area contributed by atoms with E-state index in [1.165, 1.54) is 0 Å². The Balaban J connectivity index is 1.91. The molecule has 4 nitrogen and oxygen atoms in total. The highest BCUT2D eigenvalue weighted by atomic mass is 32.2. The van der Waals surface area contributed by atoms with Gasteiger partial charge in [-0.15, -0.1) is 11.8 Å². The molecule has 0 aromatic heterocycles. The Morgan fingerprint density at radius 1 is 1.12 bits per heavy atom. The number of rotatable bonds is 9. The van der Waals surface area contributed by atoms with Crippen LogP contribution in [0.25, 0.3) is 0 Å². The predicted octanol–water partition coefficient (Wildman–Crippen LogP) is 4.35. The molecule has 2 rings (SSSR count). The number of phenolic OH excluding ortho intramolecular Hbond substituents is 1. The van der Waals surface area contributed by atoms with E-state index in [0.29, 0.717) is 25.3 Å². The van der Waals surface area contributed by atoms with Crippen molar-refractivity contribution in [2.24, 2.45) is 0 Å². The summed E-state index contributed by atoms with van der Waals surface area (Å²) in [7, 11) is 0. The summed E-state index contributed by atoms with van der Waals surface area (Å²) < 4.78 is 0. The number of amides is 1. The van der Waals surface area contributed by atoms with Crippen LogP contribution in [0, 0.1) is 0 Å².